The molecule has 3 rings (SSSR count). The molecule has 122 valence electrons. The van der Waals surface area contributed by atoms with Crippen molar-refractivity contribution in [1.82, 2.24) is 10.1 Å². The number of hydrogen-bond donors (Lipinski definition) is 0. The zero-order valence-corrected chi connectivity index (χ0v) is 13.5. The number of aromatic nitrogens is 1. The van der Waals surface area contributed by atoms with E-state index in [4.69, 9.17) is 16.1 Å². The fourth-order valence-corrected chi connectivity index (χ4v) is 3.35. The van der Waals surface area contributed by atoms with Crippen molar-refractivity contribution in [1.29, 1.82) is 0 Å². The van der Waals surface area contributed by atoms with Crippen LogP contribution in [0.15, 0.2) is 16.7 Å². The lowest BCUT2D eigenvalue weighted by atomic mass is 10.0. The zero-order chi connectivity index (χ0) is 16.7. The first-order valence-corrected chi connectivity index (χ1v) is 7.66. The van der Waals surface area contributed by atoms with Gasteiger partial charge in [0.25, 0.3) is 5.91 Å². The summed E-state index contributed by atoms with van der Waals surface area (Å²) < 4.78 is 31.9. The van der Waals surface area contributed by atoms with Gasteiger partial charge in [-0.25, -0.2) is 8.78 Å². The van der Waals surface area contributed by atoms with Gasteiger partial charge in [0.15, 0.2) is 11.6 Å². The third kappa shape index (κ3) is 2.72. The van der Waals surface area contributed by atoms with Crippen molar-refractivity contribution in [3.05, 3.63) is 51.4 Å². The largest absolute Gasteiger partial charge is 0.361 e. The van der Waals surface area contributed by atoms with Crippen LogP contribution in [0.5, 0.6) is 0 Å². The minimum absolute atomic E-state index is 0.0378. The molecule has 2 aromatic rings. The summed E-state index contributed by atoms with van der Waals surface area (Å²) in [6, 6.07) is 1.48. The first-order chi connectivity index (χ1) is 10.9. The SMILES string of the molecule is Cc1noc(C)c1[C@H]1CCCN1C(=O)c1cc(F)c(F)cc1Cl. The standard InChI is InChI=1S/C16H15ClF2N2O2/c1-8-15(9(2)23-20-8)14-4-3-5-21(14)16(22)10-6-12(18)13(19)7-11(10)17/h6-7,14H,3-5H2,1-2H3/t14-/m1/s1. The molecule has 23 heavy (non-hydrogen) atoms. The van der Waals surface area contributed by atoms with Crippen LogP contribution in [0.2, 0.25) is 5.02 Å². The molecule has 1 aliphatic rings. The lowest BCUT2D eigenvalue weighted by Gasteiger charge is -2.25. The predicted octanol–water partition coefficient (Wildman–Crippen LogP) is 4.20. The molecule has 7 heteroatoms. The summed E-state index contributed by atoms with van der Waals surface area (Å²) in [6.45, 7) is 4.13. The first kappa shape index (κ1) is 15.9. The number of benzene rings is 1. The summed E-state index contributed by atoms with van der Waals surface area (Å²) >= 11 is 5.92. The molecule has 1 aromatic heterocycles. The Morgan fingerprint density at radius 1 is 1.35 bits per heavy atom. The number of amides is 1. The predicted molar refractivity (Wildman–Crippen MR) is 80.4 cm³/mol. The van der Waals surface area contributed by atoms with Gasteiger partial charge < -0.3 is 9.42 Å². The van der Waals surface area contributed by atoms with Crippen molar-refractivity contribution < 1.29 is 18.1 Å². The minimum atomic E-state index is -1.09. The maximum absolute atomic E-state index is 13.5. The summed E-state index contributed by atoms with van der Waals surface area (Å²) in [6.07, 6.45) is 1.57. The highest BCUT2D eigenvalue weighted by atomic mass is 35.5. The molecule has 0 N–H and O–H groups in total. The maximum atomic E-state index is 13.5. The molecule has 1 saturated heterocycles. The van der Waals surface area contributed by atoms with Crippen molar-refractivity contribution in [2.45, 2.75) is 32.7 Å². The number of carbonyl (C=O) groups is 1. The molecule has 0 bridgehead atoms. The number of rotatable bonds is 2. The highest BCUT2D eigenvalue weighted by Gasteiger charge is 2.35. The summed E-state index contributed by atoms with van der Waals surface area (Å²) in [4.78, 5) is 14.4. The number of nitrogens with zero attached hydrogens (tertiary/aromatic N) is 2. The molecule has 0 spiro atoms. The summed E-state index contributed by atoms with van der Waals surface area (Å²) in [5.74, 6) is -1.93. The van der Waals surface area contributed by atoms with Gasteiger partial charge in [-0.05, 0) is 38.8 Å². The normalized spacial score (nSPS) is 17.8. The van der Waals surface area contributed by atoms with Crippen LogP contribution in [0.4, 0.5) is 8.78 Å². The van der Waals surface area contributed by atoms with E-state index in [9.17, 15) is 13.6 Å². The molecule has 4 nitrogen and oxygen atoms in total. The number of likely N-dealkylation sites (tertiary alicyclic amines) is 1. The summed E-state index contributed by atoms with van der Waals surface area (Å²) in [5, 5.41) is 3.82. The number of hydrogen-bond acceptors (Lipinski definition) is 3. The van der Waals surface area contributed by atoms with Gasteiger partial charge >= 0.3 is 0 Å². The van der Waals surface area contributed by atoms with E-state index in [1.54, 1.807) is 11.8 Å². The van der Waals surface area contributed by atoms with E-state index in [-0.39, 0.29) is 16.6 Å². The van der Waals surface area contributed by atoms with Crippen LogP contribution >= 0.6 is 11.6 Å². The van der Waals surface area contributed by atoms with Gasteiger partial charge in [0.2, 0.25) is 0 Å². The van der Waals surface area contributed by atoms with Gasteiger partial charge in [0.1, 0.15) is 5.76 Å². The fraction of sp³-hybridized carbons (Fsp3) is 0.375. The molecule has 1 fully saturated rings. The molecular formula is C16H15ClF2N2O2. The maximum Gasteiger partial charge on any atom is 0.255 e. The second-order valence-electron chi connectivity index (χ2n) is 5.64. The van der Waals surface area contributed by atoms with Gasteiger partial charge in [0.05, 0.1) is 22.3 Å². The van der Waals surface area contributed by atoms with Crippen molar-refractivity contribution in [3.63, 3.8) is 0 Å². The van der Waals surface area contributed by atoms with Crippen LogP contribution in [0.3, 0.4) is 0 Å². The molecule has 0 radical (unpaired) electrons. The van der Waals surface area contributed by atoms with Gasteiger partial charge in [-0.15, -0.1) is 0 Å². The molecular weight excluding hydrogens is 326 g/mol. The molecule has 1 amide bonds. The third-order valence-electron chi connectivity index (χ3n) is 4.18. The zero-order valence-electron chi connectivity index (χ0n) is 12.7. The Labute approximate surface area is 137 Å². The summed E-state index contributed by atoms with van der Waals surface area (Å²) in [5.41, 5.74) is 1.56. The second kappa shape index (κ2) is 5.92. The quantitative estimate of drug-likeness (QED) is 0.770. The van der Waals surface area contributed by atoms with Crippen molar-refractivity contribution in [3.8, 4) is 0 Å². The van der Waals surface area contributed by atoms with Crippen molar-refractivity contribution >= 4 is 17.5 Å². The van der Waals surface area contributed by atoms with Gasteiger partial charge in [-0.3, -0.25) is 4.79 Å². The van der Waals surface area contributed by atoms with E-state index in [0.29, 0.717) is 12.3 Å². The highest BCUT2D eigenvalue weighted by molar-refractivity contribution is 6.33. The molecule has 1 atom stereocenters. The Bertz CT molecular complexity index is 756. The summed E-state index contributed by atoms with van der Waals surface area (Å²) in [7, 11) is 0. The van der Waals surface area contributed by atoms with E-state index in [1.807, 2.05) is 6.92 Å². The van der Waals surface area contributed by atoms with Crippen LogP contribution in [-0.2, 0) is 0 Å². The minimum Gasteiger partial charge on any atom is -0.361 e. The Kier molecular flexibility index (Phi) is 4.10. The molecule has 1 aromatic carbocycles. The molecule has 1 aliphatic heterocycles. The number of halogens is 3. The van der Waals surface area contributed by atoms with E-state index >= 15 is 0 Å². The Hall–Kier alpha value is -1.95. The van der Waals surface area contributed by atoms with Gasteiger partial charge in [0, 0.05) is 12.1 Å². The monoisotopic (exact) mass is 340 g/mol. The van der Waals surface area contributed by atoms with Crippen LogP contribution < -0.4 is 0 Å². The topological polar surface area (TPSA) is 46.3 Å². The first-order valence-electron chi connectivity index (χ1n) is 7.28. The van der Waals surface area contributed by atoms with Crippen LogP contribution in [-0.4, -0.2) is 22.5 Å². The van der Waals surface area contributed by atoms with Gasteiger partial charge in [-0.1, -0.05) is 16.8 Å². The fourth-order valence-electron chi connectivity index (χ4n) is 3.12. The van der Waals surface area contributed by atoms with E-state index in [1.165, 1.54) is 0 Å². The van der Waals surface area contributed by atoms with Crippen LogP contribution in [0, 0.1) is 25.5 Å². The Morgan fingerprint density at radius 2 is 2.04 bits per heavy atom. The van der Waals surface area contributed by atoms with Crippen LogP contribution in [0.1, 0.15) is 46.3 Å². The second-order valence-corrected chi connectivity index (χ2v) is 6.05. The molecule has 2 heterocycles. The van der Waals surface area contributed by atoms with Crippen molar-refractivity contribution in [2.24, 2.45) is 0 Å². The van der Waals surface area contributed by atoms with E-state index < -0.39 is 17.5 Å². The Morgan fingerprint density at radius 3 is 2.70 bits per heavy atom. The van der Waals surface area contributed by atoms with Gasteiger partial charge in [-0.2, -0.15) is 0 Å². The average Bonchev–Trinajstić information content (AvgIpc) is 3.09. The van der Waals surface area contributed by atoms with E-state index in [0.717, 1.165) is 36.2 Å². The lowest BCUT2D eigenvalue weighted by Crippen LogP contribution is -2.31. The average molecular weight is 341 g/mol. The molecule has 0 unspecified atom stereocenters. The Balaban J connectivity index is 1.97. The highest BCUT2D eigenvalue weighted by Crippen LogP contribution is 2.37. The van der Waals surface area contributed by atoms with Crippen LogP contribution in [0.25, 0.3) is 0 Å². The van der Waals surface area contributed by atoms with Crippen molar-refractivity contribution in [2.75, 3.05) is 6.54 Å². The molecule has 0 aliphatic carbocycles. The number of aryl methyl sites for hydroxylation is 2. The van der Waals surface area contributed by atoms with E-state index in [2.05, 4.69) is 5.16 Å². The number of carbonyl (C=O) groups excluding carboxylic acids is 1. The molecule has 0 saturated carbocycles. The smallest absolute Gasteiger partial charge is 0.255 e. The third-order valence-corrected chi connectivity index (χ3v) is 4.49. The lowest BCUT2D eigenvalue weighted by molar-refractivity contribution is 0.0734.